The summed E-state index contributed by atoms with van der Waals surface area (Å²) in [4.78, 5) is 18.2. The molecule has 0 radical (unpaired) electrons. The summed E-state index contributed by atoms with van der Waals surface area (Å²) in [7, 11) is 2.10. The summed E-state index contributed by atoms with van der Waals surface area (Å²) in [5, 5.41) is 3.37. The number of pyridine rings is 1. The van der Waals surface area contributed by atoms with Crippen LogP contribution in [0, 0.1) is 0 Å². The Bertz CT molecular complexity index is 1150. The van der Waals surface area contributed by atoms with Crippen LogP contribution in [0.3, 0.4) is 0 Å². The van der Waals surface area contributed by atoms with Crippen LogP contribution in [0.15, 0.2) is 60.9 Å². The van der Waals surface area contributed by atoms with Crippen LogP contribution in [0.4, 0.5) is 11.6 Å². The predicted molar refractivity (Wildman–Crippen MR) is 143 cm³/mol. The van der Waals surface area contributed by atoms with Gasteiger partial charge in [-0.25, -0.2) is 9.97 Å². The van der Waals surface area contributed by atoms with Crippen molar-refractivity contribution in [2.75, 3.05) is 51.8 Å². The number of fused-ring (bicyclic) bond motifs is 7. The topological polar surface area (TPSA) is 75.6 Å². The van der Waals surface area contributed by atoms with Crippen molar-refractivity contribution in [1.82, 2.24) is 24.8 Å². The van der Waals surface area contributed by atoms with E-state index < -0.39 is 0 Å². The highest BCUT2D eigenvalue weighted by Gasteiger charge is 2.11. The van der Waals surface area contributed by atoms with Crippen LogP contribution in [0.1, 0.15) is 25.1 Å². The maximum atomic E-state index is 6.23. The molecule has 1 aromatic carbocycles. The number of rotatable bonds is 6. The second-order valence-electron chi connectivity index (χ2n) is 8.81. The molecule has 1 N–H and O–H groups in total. The first kappa shape index (κ1) is 25.8. The van der Waals surface area contributed by atoms with Gasteiger partial charge in [-0.15, -0.1) is 0 Å². The minimum Gasteiger partial charge on any atom is -0.492 e. The summed E-state index contributed by atoms with van der Waals surface area (Å²) in [6, 6.07) is 12.0. The van der Waals surface area contributed by atoms with E-state index in [0.29, 0.717) is 25.8 Å². The molecule has 2 aromatic heterocycles. The molecule has 0 unspecified atom stereocenters. The first-order valence-electron chi connectivity index (χ1n) is 12.6. The first-order valence-corrected chi connectivity index (χ1v) is 12.6. The Morgan fingerprint density at radius 2 is 1.92 bits per heavy atom. The highest BCUT2D eigenvalue weighted by molar-refractivity contribution is 5.63. The molecule has 0 atom stereocenters. The number of hydrogen-bond donors (Lipinski definition) is 1. The third-order valence-corrected chi connectivity index (χ3v) is 6.13. The van der Waals surface area contributed by atoms with Gasteiger partial charge in [0.1, 0.15) is 12.4 Å². The van der Waals surface area contributed by atoms with Gasteiger partial charge in [-0.05, 0) is 56.5 Å². The number of benzene rings is 1. The van der Waals surface area contributed by atoms with Crippen LogP contribution in [-0.4, -0.2) is 71.2 Å². The van der Waals surface area contributed by atoms with Gasteiger partial charge in [0.25, 0.3) is 0 Å². The Morgan fingerprint density at radius 1 is 1.06 bits per heavy atom. The Kier molecular flexibility index (Phi) is 9.38. The lowest BCUT2D eigenvalue weighted by Crippen LogP contribution is -2.28. The highest BCUT2D eigenvalue weighted by Crippen LogP contribution is 2.27. The molecule has 3 heterocycles. The predicted octanol–water partition coefficient (Wildman–Crippen LogP) is 4.52. The van der Waals surface area contributed by atoms with Crippen LogP contribution in [-0.2, 0) is 17.9 Å². The molecule has 0 fully saturated rings. The van der Waals surface area contributed by atoms with Crippen molar-refractivity contribution in [3.63, 3.8) is 0 Å². The molecular formula is C28H36N6O2. The zero-order valence-corrected chi connectivity index (χ0v) is 21.5. The zero-order chi connectivity index (χ0) is 25.2. The van der Waals surface area contributed by atoms with Gasteiger partial charge in [0, 0.05) is 48.8 Å². The molecule has 190 valence electrons. The Labute approximate surface area is 214 Å². The van der Waals surface area contributed by atoms with E-state index in [0.717, 1.165) is 66.7 Å². The number of aromatic nitrogens is 3. The van der Waals surface area contributed by atoms with Crippen LogP contribution >= 0.6 is 0 Å². The summed E-state index contributed by atoms with van der Waals surface area (Å²) in [6.45, 7) is 10.5. The van der Waals surface area contributed by atoms with E-state index in [4.69, 9.17) is 14.5 Å². The Balaban J connectivity index is 1.60. The Hall–Kier alpha value is -3.33. The summed E-state index contributed by atoms with van der Waals surface area (Å²) in [5.74, 6) is 1.45. The molecule has 0 amide bonds. The van der Waals surface area contributed by atoms with Crippen LogP contribution in [0.2, 0.25) is 0 Å². The molecule has 1 aliphatic heterocycles. The van der Waals surface area contributed by atoms with Gasteiger partial charge in [-0.1, -0.05) is 26.0 Å². The van der Waals surface area contributed by atoms with Gasteiger partial charge >= 0.3 is 0 Å². The van der Waals surface area contributed by atoms with Gasteiger partial charge in [0.05, 0.1) is 24.6 Å². The number of anilines is 2. The zero-order valence-electron chi connectivity index (χ0n) is 21.5. The van der Waals surface area contributed by atoms with Crippen LogP contribution in [0.25, 0.3) is 11.3 Å². The monoisotopic (exact) mass is 488 g/mol. The van der Waals surface area contributed by atoms with Crippen molar-refractivity contribution in [2.24, 2.45) is 0 Å². The fraction of sp³-hybridized carbons (Fsp3) is 0.393. The highest BCUT2D eigenvalue weighted by atomic mass is 16.5. The standard InChI is InChI=1S/C28H36N6O2/c1-4-34(5-2)15-17-36-27-9-8-24-19-23(27)20-33(3)14-6-7-16-35-21-25-18-22(10-12-29-25)26-11-13-30-28(31-24)32-26/h6-13,18-19H,4-5,14-17,20-21H2,1-3H3,(H,30,31,32)/b7-6+. The average molecular weight is 489 g/mol. The largest absolute Gasteiger partial charge is 0.492 e. The van der Waals surface area contributed by atoms with Crippen molar-refractivity contribution in [3.8, 4) is 17.0 Å². The van der Waals surface area contributed by atoms with Gasteiger partial charge in [-0.2, -0.15) is 0 Å². The molecule has 3 aromatic rings. The molecule has 0 aliphatic carbocycles. The second-order valence-corrected chi connectivity index (χ2v) is 8.81. The molecule has 0 saturated heterocycles. The lowest BCUT2D eigenvalue weighted by molar-refractivity contribution is 0.145. The number of hydrogen-bond acceptors (Lipinski definition) is 8. The Morgan fingerprint density at radius 3 is 2.78 bits per heavy atom. The van der Waals surface area contributed by atoms with Crippen molar-refractivity contribution in [3.05, 3.63) is 72.2 Å². The number of likely N-dealkylation sites (N-methyl/N-ethyl adjacent to an activating group) is 2. The van der Waals surface area contributed by atoms with E-state index in [1.54, 1.807) is 12.4 Å². The van der Waals surface area contributed by atoms with E-state index in [9.17, 15) is 0 Å². The summed E-state index contributed by atoms with van der Waals surface area (Å²) in [5.41, 5.74) is 4.71. The van der Waals surface area contributed by atoms with Crippen LogP contribution < -0.4 is 10.1 Å². The molecule has 1 aliphatic rings. The summed E-state index contributed by atoms with van der Waals surface area (Å²) < 4.78 is 12.0. The van der Waals surface area contributed by atoms with Crippen molar-refractivity contribution in [2.45, 2.75) is 27.0 Å². The average Bonchev–Trinajstić information content (AvgIpc) is 2.89. The third-order valence-electron chi connectivity index (χ3n) is 6.13. The number of ether oxygens (including phenoxy) is 2. The number of nitrogens with one attached hydrogen (secondary N) is 1. The first-order chi connectivity index (χ1) is 17.6. The molecular weight excluding hydrogens is 452 g/mol. The van der Waals surface area contributed by atoms with E-state index in [-0.39, 0.29) is 0 Å². The van der Waals surface area contributed by atoms with Gasteiger partial charge in [-0.3, -0.25) is 9.88 Å². The second kappa shape index (κ2) is 13.1. The molecule has 4 rings (SSSR count). The molecule has 8 heteroatoms. The SMILES string of the molecule is CCN(CC)CCOc1ccc2cc1CN(C)C/C=C/COCc1cc(ccn1)-c1ccnc(n1)N2. The lowest BCUT2D eigenvalue weighted by atomic mass is 10.1. The molecule has 36 heavy (non-hydrogen) atoms. The van der Waals surface area contributed by atoms with E-state index in [1.165, 1.54) is 0 Å². The minimum atomic E-state index is 0.447. The van der Waals surface area contributed by atoms with E-state index in [1.807, 2.05) is 30.3 Å². The molecule has 6 bridgehead atoms. The summed E-state index contributed by atoms with van der Waals surface area (Å²) >= 11 is 0. The normalized spacial score (nSPS) is 15.6. The van der Waals surface area contributed by atoms with Crippen molar-refractivity contribution in [1.29, 1.82) is 0 Å². The molecule has 0 spiro atoms. The maximum Gasteiger partial charge on any atom is 0.227 e. The fourth-order valence-electron chi connectivity index (χ4n) is 4.08. The summed E-state index contributed by atoms with van der Waals surface area (Å²) in [6.07, 6.45) is 7.75. The van der Waals surface area contributed by atoms with Crippen molar-refractivity contribution >= 4 is 11.6 Å². The smallest absolute Gasteiger partial charge is 0.227 e. The molecule has 8 nitrogen and oxygen atoms in total. The third kappa shape index (κ3) is 7.34. The molecule has 0 saturated carbocycles. The van der Waals surface area contributed by atoms with Gasteiger partial charge < -0.3 is 19.7 Å². The maximum absolute atomic E-state index is 6.23. The van der Waals surface area contributed by atoms with Crippen molar-refractivity contribution < 1.29 is 9.47 Å². The van der Waals surface area contributed by atoms with Gasteiger partial charge in [0.15, 0.2) is 0 Å². The van der Waals surface area contributed by atoms with E-state index in [2.05, 4.69) is 64.2 Å². The minimum absolute atomic E-state index is 0.447. The van der Waals surface area contributed by atoms with E-state index >= 15 is 0 Å². The fourth-order valence-corrected chi connectivity index (χ4v) is 4.08. The van der Waals surface area contributed by atoms with Crippen LogP contribution in [0.5, 0.6) is 5.75 Å². The quantitative estimate of drug-likeness (QED) is 0.508. The lowest BCUT2D eigenvalue weighted by Gasteiger charge is -2.21. The van der Waals surface area contributed by atoms with Gasteiger partial charge in [0.2, 0.25) is 5.95 Å². The number of nitrogens with zero attached hydrogens (tertiary/aromatic N) is 5.